The van der Waals surface area contributed by atoms with Crippen molar-refractivity contribution in [3.8, 4) is 44.7 Å². The molecule has 3 heteroatoms. The molecule has 0 aliphatic rings. The van der Waals surface area contributed by atoms with Gasteiger partial charge in [0, 0.05) is 56.0 Å². The van der Waals surface area contributed by atoms with Gasteiger partial charge in [-0.1, -0.05) is 158 Å². The summed E-state index contributed by atoms with van der Waals surface area (Å²) in [6.07, 6.45) is 0. The van der Waals surface area contributed by atoms with Crippen molar-refractivity contribution in [2.24, 2.45) is 0 Å². The number of fused-ring (bicyclic) bond motifs is 5. The molecule has 0 radical (unpaired) electrons. The van der Waals surface area contributed by atoms with Gasteiger partial charge in [-0.2, -0.15) is 0 Å². The van der Waals surface area contributed by atoms with E-state index in [1.54, 1.807) is 0 Å². The highest BCUT2D eigenvalue weighted by Crippen LogP contribution is 2.46. The third kappa shape index (κ3) is 5.76. The third-order valence-corrected chi connectivity index (χ3v) is 11.1. The zero-order valence-corrected chi connectivity index (χ0v) is 31.0. The first-order chi connectivity index (χ1) is 28.2. The van der Waals surface area contributed by atoms with Crippen LogP contribution in [0.25, 0.3) is 88.4 Å². The molecule has 0 saturated heterocycles. The van der Waals surface area contributed by atoms with Crippen molar-refractivity contribution in [3.63, 3.8) is 0 Å². The summed E-state index contributed by atoms with van der Waals surface area (Å²) in [5, 5.41) is 5.46. The summed E-state index contributed by atoms with van der Waals surface area (Å²) in [5.41, 5.74) is 13.6. The molecular formula is C54H35NO2. The van der Waals surface area contributed by atoms with Gasteiger partial charge in [0.2, 0.25) is 0 Å². The minimum absolute atomic E-state index is 0.822. The Balaban J connectivity index is 1.09. The highest BCUT2D eigenvalue weighted by atomic mass is 16.3. The Morgan fingerprint density at radius 3 is 1.53 bits per heavy atom. The molecule has 0 amide bonds. The zero-order valence-electron chi connectivity index (χ0n) is 31.0. The van der Waals surface area contributed by atoms with Gasteiger partial charge in [-0.15, -0.1) is 0 Å². The number of furan rings is 2. The van der Waals surface area contributed by atoms with E-state index in [2.05, 4.69) is 199 Å². The van der Waals surface area contributed by atoms with E-state index in [0.717, 1.165) is 83.2 Å². The lowest BCUT2D eigenvalue weighted by atomic mass is 9.92. The molecular weight excluding hydrogens is 695 g/mol. The van der Waals surface area contributed by atoms with Crippen LogP contribution < -0.4 is 4.90 Å². The van der Waals surface area contributed by atoms with Crippen LogP contribution >= 0.6 is 0 Å². The van der Waals surface area contributed by atoms with E-state index in [1.165, 1.54) is 22.3 Å². The molecule has 2 heterocycles. The van der Waals surface area contributed by atoms with E-state index >= 15 is 0 Å². The van der Waals surface area contributed by atoms with E-state index < -0.39 is 0 Å². The van der Waals surface area contributed by atoms with Gasteiger partial charge in [-0.25, -0.2) is 0 Å². The van der Waals surface area contributed by atoms with E-state index in [1.807, 2.05) is 18.2 Å². The number of hydrogen-bond acceptors (Lipinski definition) is 3. The Kier molecular flexibility index (Phi) is 7.82. The fraction of sp³-hybridized carbons (Fsp3) is 0. The van der Waals surface area contributed by atoms with Crippen molar-refractivity contribution in [2.45, 2.75) is 0 Å². The minimum Gasteiger partial charge on any atom is -0.456 e. The third-order valence-electron chi connectivity index (χ3n) is 11.1. The molecule has 57 heavy (non-hydrogen) atoms. The SMILES string of the molecule is c1ccc(-c2ccc(N(c3ccc(-c4ccccc4)cc3)c3ccc4c(c3)oc3cc5ccccc5c(-c5cccc6cc(-c7ccccc7)oc56)c34)cc2)cc1. The fourth-order valence-electron chi connectivity index (χ4n) is 8.33. The predicted molar refractivity (Wildman–Crippen MR) is 237 cm³/mol. The number of para-hydroxylation sites is 1. The van der Waals surface area contributed by atoms with Gasteiger partial charge in [0.15, 0.2) is 0 Å². The average molecular weight is 730 g/mol. The van der Waals surface area contributed by atoms with Crippen LogP contribution in [0.3, 0.4) is 0 Å². The Morgan fingerprint density at radius 1 is 0.333 bits per heavy atom. The second kappa shape index (κ2) is 13.6. The van der Waals surface area contributed by atoms with Crippen LogP contribution in [0, 0.1) is 0 Å². The maximum atomic E-state index is 6.87. The van der Waals surface area contributed by atoms with E-state index in [0.29, 0.717) is 0 Å². The van der Waals surface area contributed by atoms with Gasteiger partial charge in [0.25, 0.3) is 0 Å². The molecule has 0 unspecified atom stereocenters. The van der Waals surface area contributed by atoms with Crippen LogP contribution in [0.2, 0.25) is 0 Å². The molecule has 0 N–H and O–H groups in total. The number of hydrogen-bond donors (Lipinski definition) is 0. The maximum Gasteiger partial charge on any atom is 0.142 e. The first kappa shape index (κ1) is 32.8. The first-order valence-corrected chi connectivity index (χ1v) is 19.3. The maximum absolute atomic E-state index is 6.87. The van der Waals surface area contributed by atoms with Crippen molar-refractivity contribution in [1.29, 1.82) is 0 Å². The van der Waals surface area contributed by atoms with Crippen LogP contribution in [-0.4, -0.2) is 0 Å². The summed E-state index contributed by atoms with van der Waals surface area (Å²) < 4.78 is 13.6. The van der Waals surface area contributed by atoms with Crippen LogP contribution in [0.1, 0.15) is 0 Å². The van der Waals surface area contributed by atoms with Crippen molar-refractivity contribution in [1.82, 2.24) is 0 Å². The summed E-state index contributed by atoms with van der Waals surface area (Å²) >= 11 is 0. The molecule has 0 saturated carbocycles. The topological polar surface area (TPSA) is 29.5 Å². The largest absolute Gasteiger partial charge is 0.456 e. The van der Waals surface area contributed by atoms with Crippen LogP contribution in [0.4, 0.5) is 17.1 Å². The lowest BCUT2D eigenvalue weighted by molar-refractivity contribution is 0.632. The summed E-state index contributed by atoms with van der Waals surface area (Å²) in [6, 6.07) is 74.9. The number of anilines is 3. The lowest BCUT2D eigenvalue weighted by Gasteiger charge is -2.26. The predicted octanol–water partition coefficient (Wildman–Crippen LogP) is 15.6. The Bertz CT molecular complexity index is 3120. The van der Waals surface area contributed by atoms with Crippen molar-refractivity contribution in [2.75, 3.05) is 4.90 Å². The van der Waals surface area contributed by atoms with Gasteiger partial charge in [0.05, 0.1) is 0 Å². The lowest BCUT2D eigenvalue weighted by Crippen LogP contribution is -2.09. The molecule has 2 aromatic heterocycles. The molecule has 0 spiro atoms. The molecule has 268 valence electrons. The van der Waals surface area contributed by atoms with Crippen LogP contribution in [-0.2, 0) is 0 Å². The van der Waals surface area contributed by atoms with Crippen molar-refractivity contribution < 1.29 is 8.83 Å². The molecule has 11 aromatic rings. The quantitative estimate of drug-likeness (QED) is 0.164. The second-order valence-electron chi connectivity index (χ2n) is 14.5. The number of nitrogens with zero attached hydrogens (tertiary/aromatic N) is 1. The molecule has 9 aromatic carbocycles. The van der Waals surface area contributed by atoms with E-state index in [4.69, 9.17) is 8.83 Å². The van der Waals surface area contributed by atoms with Gasteiger partial charge < -0.3 is 13.7 Å². The summed E-state index contributed by atoms with van der Waals surface area (Å²) in [4.78, 5) is 2.31. The van der Waals surface area contributed by atoms with Crippen molar-refractivity contribution in [3.05, 3.63) is 212 Å². The number of rotatable bonds is 7. The van der Waals surface area contributed by atoms with E-state index in [9.17, 15) is 0 Å². The van der Waals surface area contributed by atoms with Gasteiger partial charge in [-0.3, -0.25) is 0 Å². The van der Waals surface area contributed by atoms with Crippen molar-refractivity contribution >= 4 is 60.7 Å². The Hall–Kier alpha value is -7.62. The van der Waals surface area contributed by atoms with Gasteiger partial charge in [-0.05, 0) is 81.6 Å². The average Bonchev–Trinajstić information content (AvgIpc) is 3.89. The molecule has 0 atom stereocenters. The molecule has 0 bridgehead atoms. The highest BCUT2D eigenvalue weighted by molar-refractivity contribution is 6.23. The minimum atomic E-state index is 0.822. The molecule has 0 aliphatic heterocycles. The smallest absolute Gasteiger partial charge is 0.142 e. The van der Waals surface area contributed by atoms with Crippen LogP contribution in [0.5, 0.6) is 0 Å². The normalized spacial score (nSPS) is 11.5. The Labute approximate surface area is 330 Å². The standard InChI is InChI=1S/C54H35NO2/c1-4-13-36(14-5-1)38-23-27-43(28-24-38)55(44-29-25-39(26-30-44)37-15-6-2-7-16-37)45-31-32-47-50(35-45)56-51-33-41-19-10-11-21-46(41)52(53(47)51)48-22-12-20-42-34-49(57-54(42)48)40-17-8-3-9-18-40/h1-35H. The van der Waals surface area contributed by atoms with Gasteiger partial charge >= 0.3 is 0 Å². The Morgan fingerprint density at radius 2 is 0.877 bits per heavy atom. The molecule has 0 aliphatic carbocycles. The summed E-state index contributed by atoms with van der Waals surface area (Å²) in [7, 11) is 0. The fourth-order valence-corrected chi connectivity index (χ4v) is 8.33. The summed E-state index contributed by atoms with van der Waals surface area (Å²) in [6.45, 7) is 0. The molecule has 11 rings (SSSR count). The first-order valence-electron chi connectivity index (χ1n) is 19.3. The second-order valence-corrected chi connectivity index (χ2v) is 14.5. The summed E-state index contributed by atoms with van der Waals surface area (Å²) in [5.74, 6) is 0.852. The monoisotopic (exact) mass is 729 g/mol. The number of benzene rings is 9. The molecule has 0 fully saturated rings. The van der Waals surface area contributed by atoms with Crippen LogP contribution in [0.15, 0.2) is 221 Å². The van der Waals surface area contributed by atoms with Gasteiger partial charge in [0.1, 0.15) is 22.5 Å². The molecule has 3 nitrogen and oxygen atoms in total. The zero-order chi connectivity index (χ0) is 37.7. The van der Waals surface area contributed by atoms with E-state index in [-0.39, 0.29) is 0 Å². The highest BCUT2D eigenvalue weighted by Gasteiger charge is 2.22.